The van der Waals surface area contributed by atoms with Crippen LogP contribution in [-0.2, 0) is 14.3 Å². The molecule has 114 valence electrons. The molecule has 2 rings (SSSR count). The highest BCUT2D eigenvalue weighted by atomic mass is 16.5. The first-order valence-electron chi connectivity index (χ1n) is 7.75. The fourth-order valence-electron chi connectivity index (χ4n) is 3.29. The number of carbonyl (C=O) groups is 2. The number of nitrogens with zero attached hydrogens (tertiary/aromatic N) is 1. The Balaban J connectivity index is 2.14. The van der Waals surface area contributed by atoms with Crippen molar-refractivity contribution >= 4 is 11.8 Å². The molecule has 1 saturated heterocycles. The molecule has 2 aliphatic rings. The first-order valence-corrected chi connectivity index (χ1v) is 7.75. The van der Waals surface area contributed by atoms with Crippen LogP contribution in [0.2, 0.25) is 0 Å². The summed E-state index contributed by atoms with van der Waals surface area (Å²) in [6.07, 6.45) is 3.21. The lowest BCUT2D eigenvalue weighted by molar-refractivity contribution is -0.164. The SMILES string of the molecule is CCOC1CC(N2C(=O)C(CC)(CC)NC(=O)C2C)C1. The molecule has 20 heavy (non-hydrogen) atoms. The van der Waals surface area contributed by atoms with Crippen LogP contribution in [0.5, 0.6) is 0 Å². The van der Waals surface area contributed by atoms with E-state index >= 15 is 0 Å². The second-order valence-electron chi connectivity index (χ2n) is 5.87. The van der Waals surface area contributed by atoms with Crippen molar-refractivity contribution in [3.63, 3.8) is 0 Å². The maximum absolute atomic E-state index is 12.8. The summed E-state index contributed by atoms with van der Waals surface area (Å²) < 4.78 is 5.56. The monoisotopic (exact) mass is 282 g/mol. The van der Waals surface area contributed by atoms with Crippen LogP contribution in [0.25, 0.3) is 0 Å². The Hall–Kier alpha value is -1.10. The van der Waals surface area contributed by atoms with Crippen LogP contribution in [0.3, 0.4) is 0 Å². The molecule has 0 radical (unpaired) electrons. The Morgan fingerprint density at radius 1 is 1.25 bits per heavy atom. The summed E-state index contributed by atoms with van der Waals surface area (Å²) in [5.74, 6) is 0.0442. The molecule has 1 N–H and O–H groups in total. The molecule has 0 aromatic rings. The van der Waals surface area contributed by atoms with Crippen LogP contribution in [0.4, 0.5) is 0 Å². The van der Waals surface area contributed by atoms with E-state index in [0.717, 1.165) is 12.8 Å². The molecule has 1 heterocycles. The average Bonchev–Trinajstić information content (AvgIpc) is 2.40. The van der Waals surface area contributed by atoms with E-state index in [-0.39, 0.29) is 30.0 Å². The molecule has 5 nitrogen and oxygen atoms in total. The quantitative estimate of drug-likeness (QED) is 0.830. The lowest BCUT2D eigenvalue weighted by Gasteiger charge is -2.51. The molecule has 1 atom stereocenters. The smallest absolute Gasteiger partial charge is 0.249 e. The zero-order chi connectivity index (χ0) is 14.9. The van der Waals surface area contributed by atoms with E-state index in [1.165, 1.54) is 0 Å². The maximum atomic E-state index is 12.8. The number of ether oxygens (including phenoxy) is 1. The van der Waals surface area contributed by atoms with Crippen LogP contribution in [0, 0.1) is 0 Å². The Labute approximate surface area is 121 Å². The third-order valence-electron chi connectivity index (χ3n) is 4.88. The number of amides is 2. The summed E-state index contributed by atoms with van der Waals surface area (Å²) in [6.45, 7) is 8.42. The molecule has 0 aromatic carbocycles. The molecule has 2 amide bonds. The van der Waals surface area contributed by atoms with Crippen molar-refractivity contribution in [2.45, 2.75) is 77.1 Å². The normalized spacial score (nSPS) is 32.8. The molecule has 1 aliphatic carbocycles. The highest BCUT2D eigenvalue weighted by Gasteiger charge is 2.51. The zero-order valence-corrected chi connectivity index (χ0v) is 12.9. The van der Waals surface area contributed by atoms with E-state index in [1.54, 1.807) is 4.90 Å². The van der Waals surface area contributed by atoms with Crippen molar-refractivity contribution in [1.82, 2.24) is 10.2 Å². The van der Waals surface area contributed by atoms with Crippen molar-refractivity contribution in [1.29, 1.82) is 0 Å². The van der Waals surface area contributed by atoms with E-state index in [2.05, 4.69) is 5.32 Å². The van der Waals surface area contributed by atoms with Gasteiger partial charge in [-0.15, -0.1) is 0 Å². The van der Waals surface area contributed by atoms with Crippen molar-refractivity contribution in [2.75, 3.05) is 6.61 Å². The number of piperazine rings is 1. The molecular formula is C15H26N2O3. The Kier molecular flexibility index (Phi) is 4.37. The molecule has 0 spiro atoms. The van der Waals surface area contributed by atoms with Gasteiger partial charge in [0, 0.05) is 12.6 Å². The van der Waals surface area contributed by atoms with Gasteiger partial charge < -0.3 is 15.0 Å². The average molecular weight is 282 g/mol. The van der Waals surface area contributed by atoms with Crippen LogP contribution in [0.1, 0.15) is 53.4 Å². The van der Waals surface area contributed by atoms with Crippen LogP contribution < -0.4 is 5.32 Å². The van der Waals surface area contributed by atoms with Gasteiger partial charge in [0.15, 0.2) is 0 Å². The first kappa shape index (κ1) is 15.3. The number of carbonyl (C=O) groups excluding carboxylic acids is 2. The molecule has 5 heteroatoms. The topological polar surface area (TPSA) is 58.6 Å². The Morgan fingerprint density at radius 3 is 2.35 bits per heavy atom. The fourth-order valence-corrected chi connectivity index (χ4v) is 3.29. The third kappa shape index (κ3) is 2.32. The second kappa shape index (κ2) is 5.72. The highest BCUT2D eigenvalue weighted by molar-refractivity contribution is 5.99. The molecular weight excluding hydrogens is 256 g/mol. The van der Waals surface area contributed by atoms with Crippen molar-refractivity contribution in [2.24, 2.45) is 0 Å². The molecule has 1 unspecified atom stereocenters. The Bertz CT molecular complexity index is 387. The molecule has 1 saturated carbocycles. The predicted octanol–water partition coefficient (Wildman–Crippen LogP) is 1.46. The summed E-state index contributed by atoms with van der Waals surface area (Å²) in [5, 5.41) is 2.94. The maximum Gasteiger partial charge on any atom is 0.249 e. The van der Waals surface area contributed by atoms with Gasteiger partial charge in [-0.1, -0.05) is 13.8 Å². The van der Waals surface area contributed by atoms with Gasteiger partial charge in [0.25, 0.3) is 0 Å². The predicted molar refractivity (Wildman–Crippen MR) is 76.2 cm³/mol. The van der Waals surface area contributed by atoms with E-state index in [9.17, 15) is 9.59 Å². The minimum absolute atomic E-state index is 0.0341. The number of hydrogen-bond donors (Lipinski definition) is 1. The summed E-state index contributed by atoms with van der Waals surface area (Å²) in [4.78, 5) is 26.8. The zero-order valence-electron chi connectivity index (χ0n) is 12.9. The number of nitrogens with one attached hydrogen (secondary N) is 1. The van der Waals surface area contributed by atoms with Gasteiger partial charge in [0.05, 0.1) is 6.10 Å². The van der Waals surface area contributed by atoms with Crippen molar-refractivity contribution in [3.05, 3.63) is 0 Å². The van der Waals surface area contributed by atoms with E-state index in [1.807, 2.05) is 27.7 Å². The largest absolute Gasteiger partial charge is 0.378 e. The summed E-state index contributed by atoms with van der Waals surface area (Å²) >= 11 is 0. The fraction of sp³-hybridized carbons (Fsp3) is 0.867. The molecule has 1 aliphatic heterocycles. The molecule has 0 aromatic heterocycles. The minimum atomic E-state index is -0.708. The van der Waals surface area contributed by atoms with E-state index < -0.39 is 5.54 Å². The number of rotatable bonds is 5. The van der Waals surface area contributed by atoms with Gasteiger partial charge in [-0.05, 0) is 39.5 Å². The lowest BCUT2D eigenvalue weighted by atomic mass is 9.81. The van der Waals surface area contributed by atoms with Crippen LogP contribution >= 0.6 is 0 Å². The number of hydrogen-bond acceptors (Lipinski definition) is 3. The van der Waals surface area contributed by atoms with Gasteiger partial charge in [-0.25, -0.2) is 0 Å². The van der Waals surface area contributed by atoms with E-state index in [4.69, 9.17) is 4.74 Å². The van der Waals surface area contributed by atoms with Gasteiger partial charge >= 0.3 is 0 Å². The summed E-state index contributed by atoms with van der Waals surface area (Å²) in [7, 11) is 0. The minimum Gasteiger partial charge on any atom is -0.378 e. The van der Waals surface area contributed by atoms with Crippen molar-refractivity contribution in [3.8, 4) is 0 Å². The Morgan fingerprint density at radius 2 is 1.85 bits per heavy atom. The van der Waals surface area contributed by atoms with Crippen LogP contribution in [-0.4, -0.2) is 47.0 Å². The highest BCUT2D eigenvalue weighted by Crippen LogP contribution is 2.34. The van der Waals surface area contributed by atoms with E-state index in [0.29, 0.717) is 19.4 Å². The lowest BCUT2D eigenvalue weighted by Crippen LogP contribution is -2.72. The summed E-state index contributed by atoms with van der Waals surface area (Å²) in [5.41, 5.74) is -0.708. The van der Waals surface area contributed by atoms with Crippen molar-refractivity contribution < 1.29 is 14.3 Å². The molecule has 0 bridgehead atoms. The van der Waals surface area contributed by atoms with Gasteiger partial charge in [0.1, 0.15) is 11.6 Å². The van der Waals surface area contributed by atoms with Gasteiger partial charge in [-0.3, -0.25) is 9.59 Å². The molecule has 2 fully saturated rings. The van der Waals surface area contributed by atoms with Gasteiger partial charge in [0.2, 0.25) is 11.8 Å². The standard InChI is InChI=1S/C15H26N2O3/c1-5-15(6-2)14(19)17(10(4)13(18)16-15)11-8-12(9-11)20-7-3/h10-12H,5-9H2,1-4H3,(H,16,18). The second-order valence-corrected chi connectivity index (χ2v) is 5.87. The van der Waals surface area contributed by atoms with Crippen LogP contribution in [0.15, 0.2) is 0 Å². The summed E-state index contributed by atoms with van der Waals surface area (Å²) in [6, 6.07) is -0.223. The third-order valence-corrected chi connectivity index (χ3v) is 4.88. The van der Waals surface area contributed by atoms with Gasteiger partial charge in [-0.2, -0.15) is 0 Å². The first-order chi connectivity index (χ1) is 9.49.